The number of ether oxygens (including phenoxy) is 1. The van der Waals surface area contributed by atoms with Gasteiger partial charge in [-0.1, -0.05) is 12.8 Å². The van der Waals surface area contributed by atoms with Crippen LogP contribution in [0.1, 0.15) is 51.9 Å². The van der Waals surface area contributed by atoms with Gasteiger partial charge in [0.05, 0.1) is 12.6 Å². The fourth-order valence-corrected chi connectivity index (χ4v) is 3.13. The molecule has 2 N–H and O–H groups in total. The van der Waals surface area contributed by atoms with E-state index in [1.54, 1.807) is 0 Å². The van der Waals surface area contributed by atoms with Crippen LogP contribution in [0.15, 0.2) is 0 Å². The standard InChI is InChI=1S/C16H30N2O2.ClH/c1-2-20-15(14-5-3-4-6-14)9-10-18-16(19)12-17-11-13-7-8-13;/h13-15,17H,2-12H2,1H3,(H,18,19);1H. The van der Waals surface area contributed by atoms with Gasteiger partial charge in [0.2, 0.25) is 5.91 Å². The fraction of sp³-hybridized carbons (Fsp3) is 0.938. The molecule has 0 aromatic heterocycles. The zero-order chi connectivity index (χ0) is 14.2. The van der Waals surface area contributed by atoms with Gasteiger partial charge in [0, 0.05) is 13.2 Å². The van der Waals surface area contributed by atoms with E-state index in [-0.39, 0.29) is 18.3 Å². The molecule has 1 amide bonds. The van der Waals surface area contributed by atoms with Crippen LogP contribution in [0.25, 0.3) is 0 Å². The third-order valence-electron chi connectivity index (χ3n) is 4.47. The smallest absolute Gasteiger partial charge is 0.233 e. The number of halogens is 1. The molecule has 5 heteroatoms. The van der Waals surface area contributed by atoms with E-state index in [2.05, 4.69) is 17.6 Å². The van der Waals surface area contributed by atoms with Crippen LogP contribution < -0.4 is 10.6 Å². The second-order valence-electron chi connectivity index (χ2n) is 6.25. The van der Waals surface area contributed by atoms with Gasteiger partial charge in [-0.15, -0.1) is 12.4 Å². The summed E-state index contributed by atoms with van der Waals surface area (Å²) in [6.45, 7) is 5.03. The normalized spacial score (nSPS) is 20.0. The fourth-order valence-electron chi connectivity index (χ4n) is 3.13. The van der Waals surface area contributed by atoms with Crippen molar-refractivity contribution >= 4 is 18.3 Å². The van der Waals surface area contributed by atoms with Crippen molar-refractivity contribution in [2.45, 2.75) is 58.0 Å². The first-order chi connectivity index (χ1) is 9.79. The maximum atomic E-state index is 11.7. The molecule has 2 saturated carbocycles. The highest BCUT2D eigenvalue weighted by molar-refractivity contribution is 5.85. The van der Waals surface area contributed by atoms with Crippen molar-refractivity contribution in [2.24, 2.45) is 11.8 Å². The van der Waals surface area contributed by atoms with Crippen molar-refractivity contribution in [3.8, 4) is 0 Å². The molecular weight excluding hydrogens is 288 g/mol. The van der Waals surface area contributed by atoms with Gasteiger partial charge >= 0.3 is 0 Å². The third-order valence-corrected chi connectivity index (χ3v) is 4.47. The molecule has 2 aliphatic carbocycles. The maximum absolute atomic E-state index is 11.7. The Morgan fingerprint density at radius 3 is 2.57 bits per heavy atom. The molecule has 4 nitrogen and oxygen atoms in total. The summed E-state index contributed by atoms with van der Waals surface area (Å²) in [5.74, 6) is 1.65. The summed E-state index contributed by atoms with van der Waals surface area (Å²) < 4.78 is 5.86. The lowest BCUT2D eigenvalue weighted by atomic mass is 9.98. The average molecular weight is 319 g/mol. The molecule has 0 spiro atoms. The molecule has 124 valence electrons. The van der Waals surface area contributed by atoms with Gasteiger partial charge in [-0.25, -0.2) is 0 Å². The Balaban J connectivity index is 0.00000220. The van der Waals surface area contributed by atoms with Crippen LogP contribution in [0.5, 0.6) is 0 Å². The van der Waals surface area contributed by atoms with Crippen LogP contribution in [-0.4, -0.2) is 38.3 Å². The molecule has 0 heterocycles. The lowest BCUT2D eigenvalue weighted by molar-refractivity contribution is -0.120. The Labute approximate surface area is 135 Å². The van der Waals surface area contributed by atoms with E-state index in [1.165, 1.54) is 38.5 Å². The van der Waals surface area contributed by atoms with Gasteiger partial charge in [0.25, 0.3) is 0 Å². The van der Waals surface area contributed by atoms with Gasteiger partial charge in [-0.2, -0.15) is 0 Å². The van der Waals surface area contributed by atoms with Gasteiger partial charge in [0.15, 0.2) is 0 Å². The van der Waals surface area contributed by atoms with E-state index in [9.17, 15) is 4.79 Å². The van der Waals surface area contributed by atoms with Crippen LogP contribution >= 0.6 is 12.4 Å². The maximum Gasteiger partial charge on any atom is 0.233 e. The van der Waals surface area contributed by atoms with Crippen LogP contribution in [0, 0.1) is 11.8 Å². The van der Waals surface area contributed by atoms with Crippen molar-refractivity contribution < 1.29 is 9.53 Å². The minimum atomic E-state index is 0. The minimum absolute atomic E-state index is 0. The molecule has 2 fully saturated rings. The largest absolute Gasteiger partial charge is 0.378 e. The van der Waals surface area contributed by atoms with E-state index in [0.29, 0.717) is 18.6 Å². The summed E-state index contributed by atoms with van der Waals surface area (Å²) in [7, 11) is 0. The van der Waals surface area contributed by atoms with Gasteiger partial charge < -0.3 is 15.4 Å². The van der Waals surface area contributed by atoms with E-state index < -0.39 is 0 Å². The predicted octanol–water partition coefficient (Wildman–Crippen LogP) is 2.51. The number of rotatable bonds is 10. The highest BCUT2D eigenvalue weighted by atomic mass is 35.5. The minimum Gasteiger partial charge on any atom is -0.378 e. The van der Waals surface area contributed by atoms with Gasteiger partial charge in [-0.3, -0.25) is 4.79 Å². The molecule has 1 unspecified atom stereocenters. The number of nitrogens with one attached hydrogen (secondary N) is 2. The summed E-state index contributed by atoms with van der Waals surface area (Å²) in [6.07, 6.45) is 9.20. The first-order valence-corrected chi connectivity index (χ1v) is 8.38. The van der Waals surface area contributed by atoms with E-state index in [4.69, 9.17) is 4.74 Å². The first kappa shape index (κ1) is 18.7. The summed E-state index contributed by atoms with van der Waals surface area (Å²) in [5, 5.41) is 6.23. The molecule has 1 atom stereocenters. The third kappa shape index (κ3) is 7.48. The number of carbonyl (C=O) groups is 1. The number of amides is 1. The topological polar surface area (TPSA) is 50.4 Å². The van der Waals surface area contributed by atoms with Crippen LogP contribution in [-0.2, 0) is 9.53 Å². The second-order valence-corrected chi connectivity index (χ2v) is 6.25. The molecule has 0 aromatic rings. The van der Waals surface area contributed by atoms with Crippen molar-refractivity contribution in [1.82, 2.24) is 10.6 Å². The quantitative estimate of drug-likeness (QED) is 0.651. The average Bonchev–Trinajstić information content (AvgIpc) is 3.09. The molecule has 0 saturated heterocycles. The molecule has 0 radical (unpaired) electrons. The van der Waals surface area contributed by atoms with Crippen molar-refractivity contribution in [2.75, 3.05) is 26.2 Å². The Hall–Kier alpha value is -0.320. The lowest BCUT2D eigenvalue weighted by Gasteiger charge is -2.23. The monoisotopic (exact) mass is 318 g/mol. The molecule has 0 bridgehead atoms. The Morgan fingerprint density at radius 2 is 1.95 bits per heavy atom. The van der Waals surface area contributed by atoms with E-state index in [0.717, 1.165) is 32.0 Å². The molecule has 0 aromatic carbocycles. The molecular formula is C16H31ClN2O2. The summed E-state index contributed by atoms with van der Waals surface area (Å²) in [5.41, 5.74) is 0. The van der Waals surface area contributed by atoms with Crippen molar-refractivity contribution in [1.29, 1.82) is 0 Å². The molecule has 0 aliphatic heterocycles. The van der Waals surface area contributed by atoms with E-state index in [1.807, 2.05) is 0 Å². The predicted molar refractivity (Wildman–Crippen MR) is 87.8 cm³/mol. The zero-order valence-electron chi connectivity index (χ0n) is 13.2. The highest BCUT2D eigenvalue weighted by Gasteiger charge is 2.25. The Kier molecular flexibility index (Phi) is 9.29. The molecule has 2 aliphatic rings. The van der Waals surface area contributed by atoms with E-state index >= 15 is 0 Å². The summed E-state index contributed by atoms with van der Waals surface area (Å²) in [4.78, 5) is 11.7. The van der Waals surface area contributed by atoms with Crippen molar-refractivity contribution in [3.63, 3.8) is 0 Å². The highest BCUT2D eigenvalue weighted by Crippen LogP contribution is 2.30. The summed E-state index contributed by atoms with van der Waals surface area (Å²) >= 11 is 0. The second kappa shape index (κ2) is 10.4. The number of carbonyl (C=O) groups excluding carboxylic acids is 1. The van der Waals surface area contributed by atoms with Crippen LogP contribution in [0.3, 0.4) is 0 Å². The summed E-state index contributed by atoms with van der Waals surface area (Å²) in [6, 6.07) is 0. The Morgan fingerprint density at radius 1 is 1.24 bits per heavy atom. The van der Waals surface area contributed by atoms with Crippen LogP contribution in [0.4, 0.5) is 0 Å². The van der Waals surface area contributed by atoms with Gasteiger partial charge in [0.1, 0.15) is 0 Å². The molecule has 21 heavy (non-hydrogen) atoms. The van der Waals surface area contributed by atoms with Crippen molar-refractivity contribution in [3.05, 3.63) is 0 Å². The SMILES string of the molecule is CCOC(CCNC(=O)CNCC1CC1)C1CCCC1.Cl. The lowest BCUT2D eigenvalue weighted by Crippen LogP contribution is -2.37. The van der Waals surface area contributed by atoms with Crippen LogP contribution in [0.2, 0.25) is 0 Å². The van der Waals surface area contributed by atoms with Gasteiger partial charge in [-0.05, 0) is 57.4 Å². The molecule has 2 rings (SSSR count). The first-order valence-electron chi connectivity index (χ1n) is 8.38. The Bertz CT molecular complexity index is 292. The number of hydrogen-bond acceptors (Lipinski definition) is 3. The number of hydrogen-bond donors (Lipinski definition) is 2. The zero-order valence-corrected chi connectivity index (χ0v) is 14.1.